The van der Waals surface area contributed by atoms with E-state index in [0.29, 0.717) is 6.42 Å². The van der Waals surface area contributed by atoms with Gasteiger partial charge >= 0.3 is 5.97 Å². The van der Waals surface area contributed by atoms with Gasteiger partial charge < -0.3 is 9.64 Å². The van der Waals surface area contributed by atoms with Crippen LogP contribution in [0.5, 0.6) is 0 Å². The molecule has 0 aromatic rings. The van der Waals surface area contributed by atoms with E-state index < -0.39 is 5.60 Å². The van der Waals surface area contributed by atoms with Crippen molar-refractivity contribution in [2.75, 3.05) is 20.6 Å². The first-order chi connectivity index (χ1) is 9.39. The molecule has 0 saturated carbocycles. The fraction of sp³-hybridized carbons (Fsp3) is 0.944. The summed E-state index contributed by atoms with van der Waals surface area (Å²) in [6.45, 7) is 16.1. The van der Waals surface area contributed by atoms with Gasteiger partial charge in [-0.2, -0.15) is 0 Å². The second kappa shape index (κ2) is 7.62. The monoisotopic (exact) mass is 299 g/mol. The fourth-order valence-corrected chi connectivity index (χ4v) is 2.44. The number of carbonyl (C=O) groups excluding carboxylic acids is 1. The van der Waals surface area contributed by atoms with Crippen molar-refractivity contribution in [2.45, 2.75) is 79.8 Å². The predicted octanol–water partition coefficient (Wildman–Crippen LogP) is 4.50. The van der Waals surface area contributed by atoms with Gasteiger partial charge in [-0.1, -0.05) is 48.0 Å². The first kappa shape index (κ1) is 20.4. The van der Waals surface area contributed by atoms with Crippen LogP contribution in [-0.4, -0.2) is 37.1 Å². The van der Waals surface area contributed by atoms with Gasteiger partial charge in [0.25, 0.3) is 0 Å². The highest BCUT2D eigenvalue weighted by Gasteiger charge is 2.46. The van der Waals surface area contributed by atoms with E-state index in [1.54, 1.807) is 0 Å². The Labute approximate surface area is 132 Å². The summed E-state index contributed by atoms with van der Waals surface area (Å²) in [7, 11) is 3.95. The third-order valence-electron chi connectivity index (χ3n) is 5.19. The van der Waals surface area contributed by atoms with Crippen LogP contribution >= 0.6 is 0 Å². The highest BCUT2D eigenvalue weighted by Crippen LogP contribution is 2.45. The zero-order valence-electron chi connectivity index (χ0n) is 15.8. The number of nitrogens with zero attached hydrogens (tertiary/aromatic N) is 1. The van der Waals surface area contributed by atoms with Crippen molar-refractivity contribution in [3.05, 3.63) is 0 Å². The standard InChI is InChI=1S/C18H37NO2/c1-10-16(3,4)14-18(7,17(5,6)11-2)21-15(20)12-13-19(8)9/h10-14H2,1-9H3. The van der Waals surface area contributed by atoms with Crippen LogP contribution in [0.25, 0.3) is 0 Å². The second-order valence-corrected chi connectivity index (χ2v) is 8.19. The summed E-state index contributed by atoms with van der Waals surface area (Å²) >= 11 is 0. The molecule has 0 rings (SSSR count). The minimum atomic E-state index is -0.426. The van der Waals surface area contributed by atoms with Gasteiger partial charge in [0.15, 0.2) is 0 Å². The minimum Gasteiger partial charge on any atom is -0.459 e. The molecule has 0 heterocycles. The van der Waals surface area contributed by atoms with Crippen molar-refractivity contribution in [2.24, 2.45) is 10.8 Å². The second-order valence-electron chi connectivity index (χ2n) is 8.19. The molecule has 0 spiro atoms. The summed E-state index contributed by atoms with van der Waals surface area (Å²) in [6, 6.07) is 0. The van der Waals surface area contributed by atoms with Gasteiger partial charge in [-0.3, -0.25) is 4.79 Å². The highest BCUT2D eigenvalue weighted by atomic mass is 16.6. The number of esters is 1. The quantitative estimate of drug-likeness (QED) is 0.587. The Balaban J connectivity index is 5.11. The van der Waals surface area contributed by atoms with E-state index in [0.717, 1.165) is 25.8 Å². The fourth-order valence-electron chi connectivity index (χ4n) is 2.44. The van der Waals surface area contributed by atoms with Gasteiger partial charge in [0.1, 0.15) is 5.60 Å². The molecule has 3 nitrogen and oxygen atoms in total. The zero-order chi connectivity index (χ0) is 16.9. The van der Waals surface area contributed by atoms with Crippen molar-refractivity contribution in [3.8, 4) is 0 Å². The molecule has 0 aromatic heterocycles. The normalized spacial score (nSPS) is 15.9. The van der Waals surface area contributed by atoms with Crippen LogP contribution in [0.3, 0.4) is 0 Å². The van der Waals surface area contributed by atoms with Crippen LogP contribution < -0.4 is 0 Å². The van der Waals surface area contributed by atoms with Gasteiger partial charge in [-0.15, -0.1) is 0 Å². The van der Waals surface area contributed by atoms with Crippen LogP contribution in [0, 0.1) is 10.8 Å². The lowest BCUT2D eigenvalue weighted by Gasteiger charge is -2.47. The zero-order valence-corrected chi connectivity index (χ0v) is 15.8. The van der Waals surface area contributed by atoms with E-state index in [9.17, 15) is 4.79 Å². The third kappa shape index (κ3) is 6.37. The van der Waals surface area contributed by atoms with Crippen molar-refractivity contribution in [1.29, 1.82) is 0 Å². The summed E-state index contributed by atoms with van der Waals surface area (Å²) in [5.41, 5.74) is -0.291. The van der Waals surface area contributed by atoms with Crippen molar-refractivity contribution in [1.82, 2.24) is 4.90 Å². The molecule has 0 aliphatic rings. The van der Waals surface area contributed by atoms with E-state index in [-0.39, 0.29) is 16.8 Å². The molecule has 126 valence electrons. The Morgan fingerprint density at radius 3 is 1.90 bits per heavy atom. The number of carbonyl (C=O) groups is 1. The Hall–Kier alpha value is -0.570. The predicted molar refractivity (Wildman–Crippen MR) is 90.4 cm³/mol. The van der Waals surface area contributed by atoms with Crippen molar-refractivity contribution >= 4 is 5.97 Å². The highest BCUT2D eigenvalue weighted by molar-refractivity contribution is 5.70. The minimum absolute atomic E-state index is 0.0345. The van der Waals surface area contributed by atoms with Crippen LogP contribution in [-0.2, 0) is 9.53 Å². The molecule has 21 heavy (non-hydrogen) atoms. The van der Waals surface area contributed by atoms with Crippen LogP contribution in [0.15, 0.2) is 0 Å². The summed E-state index contributed by atoms with van der Waals surface area (Å²) < 4.78 is 6.02. The van der Waals surface area contributed by atoms with E-state index in [2.05, 4.69) is 48.5 Å². The van der Waals surface area contributed by atoms with Gasteiger partial charge in [-0.25, -0.2) is 0 Å². The van der Waals surface area contributed by atoms with E-state index in [1.165, 1.54) is 0 Å². The number of hydrogen-bond donors (Lipinski definition) is 0. The summed E-state index contributed by atoms with van der Waals surface area (Å²) in [4.78, 5) is 14.3. The molecule has 1 unspecified atom stereocenters. The summed E-state index contributed by atoms with van der Waals surface area (Å²) in [6.07, 6.45) is 3.42. The SMILES string of the molecule is CCC(C)(C)CC(C)(OC(=O)CCN(C)C)C(C)(C)CC. The number of rotatable bonds is 9. The average molecular weight is 299 g/mol. The molecular formula is C18H37NO2. The van der Waals surface area contributed by atoms with E-state index in [4.69, 9.17) is 4.74 Å². The largest absolute Gasteiger partial charge is 0.459 e. The van der Waals surface area contributed by atoms with Gasteiger partial charge in [0, 0.05) is 12.0 Å². The topological polar surface area (TPSA) is 29.5 Å². The Morgan fingerprint density at radius 1 is 1.00 bits per heavy atom. The van der Waals surface area contributed by atoms with Crippen molar-refractivity contribution in [3.63, 3.8) is 0 Å². The van der Waals surface area contributed by atoms with Gasteiger partial charge in [0.2, 0.25) is 0 Å². The molecule has 0 amide bonds. The van der Waals surface area contributed by atoms with Crippen LogP contribution in [0.2, 0.25) is 0 Å². The smallest absolute Gasteiger partial charge is 0.307 e. The van der Waals surface area contributed by atoms with E-state index in [1.807, 2.05) is 19.0 Å². The maximum Gasteiger partial charge on any atom is 0.307 e. The van der Waals surface area contributed by atoms with Crippen molar-refractivity contribution < 1.29 is 9.53 Å². The van der Waals surface area contributed by atoms with Gasteiger partial charge in [0.05, 0.1) is 6.42 Å². The van der Waals surface area contributed by atoms with Crippen LogP contribution in [0.1, 0.15) is 74.1 Å². The molecule has 1 atom stereocenters. The molecule has 0 aliphatic carbocycles. The summed E-state index contributed by atoms with van der Waals surface area (Å²) in [5, 5.41) is 0. The van der Waals surface area contributed by atoms with Gasteiger partial charge in [-0.05, 0) is 39.3 Å². The Kier molecular flexibility index (Phi) is 7.41. The molecule has 0 aliphatic heterocycles. The third-order valence-corrected chi connectivity index (χ3v) is 5.19. The molecule has 0 N–H and O–H groups in total. The first-order valence-corrected chi connectivity index (χ1v) is 8.26. The Morgan fingerprint density at radius 2 is 1.52 bits per heavy atom. The maximum absolute atomic E-state index is 12.3. The molecule has 0 bridgehead atoms. The first-order valence-electron chi connectivity index (χ1n) is 8.26. The lowest BCUT2D eigenvalue weighted by atomic mass is 9.66. The Bertz CT molecular complexity index is 334. The lowest BCUT2D eigenvalue weighted by molar-refractivity contribution is -0.178. The lowest BCUT2D eigenvalue weighted by Crippen LogP contribution is -2.48. The number of ether oxygens (including phenoxy) is 1. The van der Waals surface area contributed by atoms with Crippen LogP contribution in [0.4, 0.5) is 0 Å². The molecule has 0 radical (unpaired) electrons. The molecule has 0 fully saturated rings. The molecular weight excluding hydrogens is 262 g/mol. The maximum atomic E-state index is 12.3. The number of hydrogen-bond acceptors (Lipinski definition) is 3. The molecule has 0 saturated heterocycles. The summed E-state index contributed by atoms with van der Waals surface area (Å²) in [5.74, 6) is -0.0837. The molecule has 3 heteroatoms. The van der Waals surface area contributed by atoms with E-state index >= 15 is 0 Å². The average Bonchev–Trinajstić information content (AvgIpc) is 2.35. The molecule has 0 aromatic carbocycles.